The van der Waals surface area contributed by atoms with Crippen molar-refractivity contribution in [1.29, 1.82) is 0 Å². The van der Waals surface area contributed by atoms with Gasteiger partial charge in [0.15, 0.2) is 6.54 Å². The van der Waals surface area contributed by atoms with E-state index in [2.05, 4.69) is 104 Å². The second-order valence-electron chi connectivity index (χ2n) is 12.1. The summed E-state index contributed by atoms with van der Waals surface area (Å²) in [6.07, 6.45) is 1.63. The molecule has 7 nitrogen and oxygen atoms in total. The third-order valence-corrected chi connectivity index (χ3v) is 6.71. The van der Waals surface area contributed by atoms with Crippen molar-refractivity contribution >= 4 is 39.3 Å². The van der Waals surface area contributed by atoms with Gasteiger partial charge in [-0.25, -0.2) is 4.79 Å². The normalized spacial score (nSPS) is 12.1. The number of anilines is 2. The number of benzene rings is 2. The largest absolute Gasteiger partial charge is 0.444 e. The van der Waals surface area contributed by atoms with E-state index in [9.17, 15) is 4.79 Å². The number of amides is 1. The van der Waals surface area contributed by atoms with E-state index in [4.69, 9.17) is 4.74 Å². The van der Waals surface area contributed by atoms with Gasteiger partial charge in [0.1, 0.15) is 5.60 Å². The lowest BCUT2D eigenvalue weighted by molar-refractivity contribution is -0.892. The number of rotatable bonds is 10. The summed E-state index contributed by atoms with van der Waals surface area (Å²) in [5.41, 5.74) is 4.47. The summed E-state index contributed by atoms with van der Waals surface area (Å²) in [6, 6.07) is 15.8. The van der Waals surface area contributed by atoms with Gasteiger partial charge < -0.3 is 24.3 Å². The van der Waals surface area contributed by atoms with Crippen LogP contribution in [0.5, 0.6) is 0 Å². The Balaban J connectivity index is 1.74. The minimum atomic E-state index is -0.469. The predicted molar refractivity (Wildman–Crippen MR) is 156 cm³/mol. The molecule has 2 aromatic carbocycles. The summed E-state index contributed by atoms with van der Waals surface area (Å²) in [5, 5.41) is 5.40. The molecule has 0 bridgehead atoms. The van der Waals surface area contributed by atoms with Crippen molar-refractivity contribution in [2.75, 3.05) is 71.7 Å². The van der Waals surface area contributed by atoms with Crippen molar-refractivity contribution < 1.29 is 18.6 Å². The molecule has 0 saturated carbocycles. The van der Waals surface area contributed by atoms with Gasteiger partial charge in [-0.05, 0) is 51.1 Å². The Bertz CT molecular complexity index is 1160. The summed E-state index contributed by atoms with van der Waals surface area (Å²) in [5.74, 6) is 0. The van der Waals surface area contributed by atoms with Crippen molar-refractivity contribution in [1.82, 2.24) is 5.32 Å². The number of ether oxygens (including phenoxy) is 1. The van der Waals surface area contributed by atoms with Crippen LogP contribution >= 0.6 is 0 Å². The third-order valence-electron chi connectivity index (χ3n) is 6.71. The summed E-state index contributed by atoms with van der Waals surface area (Å²) < 4.78 is 8.74. The van der Waals surface area contributed by atoms with Crippen molar-refractivity contribution in [3.05, 3.63) is 42.5 Å². The lowest BCUT2D eigenvalue weighted by Crippen LogP contribution is -2.45. The third kappa shape index (κ3) is 7.96. The maximum Gasteiger partial charge on any atom is 0.407 e. The first-order valence-corrected chi connectivity index (χ1v) is 13.3. The molecule has 0 fully saturated rings. The molecule has 202 valence electrons. The van der Waals surface area contributed by atoms with Crippen LogP contribution in [0.4, 0.5) is 16.2 Å². The zero-order valence-electron chi connectivity index (χ0n) is 24.4. The average molecular weight is 510 g/mol. The zero-order chi connectivity index (χ0) is 27.4. The molecule has 1 amide bonds. The number of carbonyl (C=O) groups is 1. The fourth-order valence-electron chi connectivity index (χ4n) is 4.65. The Labute approximate surface area is 223 Å². The van der Waals surface area contributed by atoms with Gasteiger partial charge in [-0.1, -0.05) is 0 Å². The highest BCUT2D eigenvalue weighted by molar-refractivity contribution is 5.91. The Morgan fingerprint density at radius 1 is 0.865 bits per heavy atom. The second-order valence-corrected chi connectivity index (χ2v) is 12.1. The van der Waals surface area contributed by atoms with E-state index < -0.39 is 5.60 Å². The molecule has 0 aliphatic heterocycles. The van der Waals surface area contributed by atoms with Crippen molar-refractivity contribution in [2.24, 2.45) is 0 Å². The van der Waals surface area contributed by atoms with Crippen LogP contribution in [0, 0.1) is 0 Å². The van der Waals surface area contributed by atoms with Gasteiger partial charge >= 0.3 is 6.09 Å². The van der Waals surface area contributed by atoms with Gasteiger partial charge in [-0.3, -0.25) is 0 Å². The molecule has 0 unspecified atom stereocenters. The molecular formula is C30H47N5O2+2. The SMILES string of the molecule is CN(C)c1ccc2cc3ccc(N(C)C)cc3[n+](CCC[N+](C)(C)CCCNC(=O)OC(C)(C)C)c2c1. The fraction of sp³-hybridized carbons (Fsp3) is 0.533. The number of fused-ring (bicyclic) bond motifs is 2. The van der Waals surface area contributed by atoms with Gasteiger partial charge in [0.05, 0.1) is 33.6 Å². The fourth-order valence-corrected chi connectivity index (χ4v) is 4.65. The van der Waals surface area contributed by atoms with Crippen LogP contribution in [0.1, 0.15) is 33.6 Å². The number of carbonyl (C=O) groups excluding carboxylic acids is 1. The van der Waals surface area contributed by atoms with E-state index in [1.54, 1.807) is 0 Å². The molecule has 3 aromatic rings. The maximum absolute atomic E-state index is 11.9. The topological polar surface area (TPSA) is 48.7 Å². The molecule has 0 aliphatic rings. The van der Waals surface area contributed by atoms with Crippen LogP contribution in [-0.4, -0.2) is 78.1 Å². The van der Waals surface area contributed by atoms with Gasteiger partial charge in [-0.2, -0.15) is 4.57 Å². The summed E-state index contributed by atoms with van der Waals surface area (Å²) in [7, 11) is 12.9. The van der Waals surface area contributed by atoms with Crippen molar-refractivity contribution in [3.63, 3.8) is 0 Å². The summed E-state index contributed by atoms with van der Waals surface area (Å²) in [4.78, 5) is 16.2. The van der Waals surface area contributed by atoms with E-state index in [-0.39, 0.29) is 6.09 Å². The van der Waals surface area contributed by atoms with Gasteiger partial charge in [0.25, 0.3) is 0 Å². The van der Waals surface area contributed by atoms with Crippen LogP contribution in [0.3, 0.4) is 0 Å². The molecule has 3 rings (SSSR count). The van der Waals surface area contributed by atoms with E-state index in [1.165, 1.54) is 33.2 Å². The number of alkyl carbamates (subject to hydrolysis) is 1. The smallest absolute Gasteiger partial charge is 0.407 e. The van der Waals surface area contributed by atoms with E-state index in [1.807, 2.05) is 20.8 Å². The number of aryl methyl sites for hydroxylation is 1. The van der Waals surface area contributed by atoms with E-state index in [0.29, 0.717) is 6.54 Å². The number of quaternary nitrogens is 1. The van der Waals surface area contributed by atoms with E-state index in [0.717, 1.165) is 37.0 Å². The molecule has 0 radical (unpaired) electrons. The van der Waals surface area contributed by atoms with Crippen LogP contribution in [0.25, 0.3) is 21.8 Å². The Kier molecular flexibility index (Phi) is 8.90. The molecule has 0 aliphatic carbocycles. The Hall–Kier alpha value is -3.06. The molecular weight excluding hydrogens is 462 g/mol. The standard InChI is InChI=1S/C30H46N5O2/c1-30(2,3)37-29(36)31-16-10-18-35(8,9)19-11-17-34-27-21-25(32(4)5)14-12-23(27)20-24-13-15-26(33(6)7)22-28(24)34/h12-15,20-22H,10-11,16-19H2,1-9H3/q+1/p+1. The van der Waals surface area contributed by atoms with Crippen LogP contribution in [0.15, 0.2) is 42.5 Å². The number of hydrogen-bond donors (Lipinski definition) is 1. The number of hydrogen-bond acceptors (Lipinski definition) is 4. The molecule has 7 heteroatoms. The Morgan fingerprint density at radius 3 is 1.86 bits per heavy atom. The molecule has 0 atom stereocenters. The van der Waals surface area contributed by atoms with Gasteiger partial charge in [-0.15, -0.1) is 0 Å². The van der Waals surface area contributed by atoms with Crippen molar-refractivity contribution in [2.45, 2.75) is 45.8 Å². The quantitative estimate of drug-likeness (QED) is 0.185. The van der Waals surface area contributed by atoms with Crippen LogP contribution in [0.2, 0.25) is 0 Å². The number of aromatic nitrogens is 1. The molecule has 0 saturated heterocycles. The van der Waals surface area contributed by atoms with Gasteiger partial charge in [0.2, 0.25) is 11.0 Å². The second kappa shape index (κ2) is 11.5. The first kappa shape index (κ1) is 28.5. The zero-order valence-corrected chi connectivity index (χ0v) is 24.4. The minimum absolute atomic E-state index is 0.341. The lowest BCUT2D eigenvalue weighted by atomic mass is 10.1. The van der Waals surface area contributed by atoms with Crippen molar-refractivity contribution in [3.8, 4) is 0 Å². The van der Waals surface area contributed by atoms with Gasteiger partial charge in [0, 0.05) is 75.4 Å². The highest BCUT2D eigenvalue weighted by Crippen LogP contribution is 2.25. The maximum atomic E-state index is 11.9. The first-order valence-electron chi connectivity index (χ1n) is 13.3. The molecule has 1 heterocycles. The molecule has 1 N–H and O–H groups in total. The number of pyridine rings is 1. The average Bonchev–Trinajstić information content (AvgIpc) is 2.79. The molecule has 1 aromatic heterocycles. The monoisotopic (exact) mass is 509 g/mol. The summed E-state index contributed by atoms with van der Waals surface area (Å²) >= 11 is 0. The minimum Gasteiger partial charge on any atom is -0.444 e. The predicted octanol–water partition coefficient (Wildman–Crippen LogP) is 4.79. The molecule has 37 heavy (non-hydrogen) atoms. The number of nitrogens with zero attached hydrogens (tertiary/aromatic N) is 4. The van der Waals surface area contributed by atoms with E-state index >= 15 is 0 Å². The van der Waals surface area contributed by atoms with Crippen LogP contribution in [-0.2, 0) is 11.3 Å². The lowest BCUT2D eigenvalue weighted by Gasteiger charge is -2.29. The molecule has 0 spiro atoms. The summed E-state index contributed by atoms with van der Waals surface area (Å²) in [6.45, 7) is 9.26. The highest BCUT2D eigenvalue weighted by Gasteiger charge is 2.21. The Morgan fingerprint density at radius 2 is 1.38 bits per heavy atom. The highest BCUT2D eigenvalue weighted by atomic mass is 16.6. The first-order chi connectivity index (χ1) is 17.3. The van der Waals surface area contributed by atoms with Crippen LogP contribution < -0.4 is 19.7 Å². The number of nitrogens with one attached hydrogen (secondary N) is 1.